The van der Waals surface area contributed by atoms with Crippen molar-refractivity contribution in [1.29, 1.82) is 0 Å². The molecular formula is C10H15Cl2N. The van der Waals surface area contributed by atoms with Crippen molar-refractivity contribution in [2.75, 3.05) is 0 Å². The lowest BCUT2D eigenvalue weighted by Gasteiger charge is -2.12. The number of rotatable bonds is 2. The van der Waals surface area contributed by atoms with E-state index in [-0.39, 0.29) is 18.4 Å². The first kappa shape index (κ1) is 12.8. The van der Waals surface area contributed by atoms with E-state index in [1.54, 1.807) is 0 Å². The Morgan fingerprint density at radius 3 is 2.62 bits per heavy atom. The highest BCUT2D eigenvalue weighted by Gasteiger charge is 2.07. The van der Waals surface area contributed by atoms with Crippen LogP contribution in [0.25, 0.3) is 0 Å². The molecule has 0 saturated carbocycles. The summed E-state index contributed by atoms with van der Waals surface area (Å²) in [7, 11) is 0. The monoisotopic (exact) mass is 219 g/mol. The molecule has 0 heterocycles. The van der Waals surface area contributed by atoms with Crippen molar-refractivity contribution in [2.45, 2.75) is 26.3 Å². The van der Waals surface area contributed by atoms with Gasteiger partial charge in [0.1, 0.15) is 0 Å². The Morgan fingerprint density at radius 2 is 2.08 bits per heavy atom. The molecule has 3 heteroatoms. The Kier molecular flexibility index (Phi) is 5.38. The van der Waals surface area contributed by atoms with E-state index in [0.717, 1.165) is 22.6 Å². The second-order valence-corrected chi connectivity index (χ2v) is 3.38. The summed E-state index contributed by atoms with van der Waals surface area (Å²) in [5, 5.41) is 0.802. The van der Waals surface area contributed by atoms with Crippen molar-refractivity contribution >= 4 is 24.0 Å². The van der Waals surface area contributed by atoms with Gasteiger partial charge in [-0.15, -0.1) is 12.4 Å². The molecule has 0 aliphatic carbocycles. The molecule has 1 unspecified atom stereocenters. The highest BCUT2D eigenvalue weighted by Crippen LogP contribution is 2.24. The van der Waals surface area contributed by atoms with Crippen molar-refractivity contribution in [3.8, 4) is 0 Å². The third kappa shape index (κ3) is 2.87. The van der Waals surface area contributed by atoms with E-state index in [0.29, 0.717) is 0 Å². The molecule has 2 N–H and O–H groups in total. The van der Waals surface area contributed by atoms with Gasteiger partial charge in [0, 0.05) is 11.1 Å². The van der Waals surface area contributed by atoms with E-state index in [4.69, 9.17) is 17.3 Å². The molecular weight excluding hydrogens is 205 g/mol. The first-order valence-electron chi connectivity index (χ1n) is 4.17. The van der Waals surface area contributed by atoms with E-state index >= 15 is 0 Å². The second kappa shape index (κ2) is 5.48. The zero-order chi connectivity index (χ0) is 9.14. The summed E-state index contributed by atoms with van der Waals surface area (Å²) in [4.78, 5) is 0. The first-order chi connectivity index (χ1) is 5.66. The molecule has 1 atom stereocenters. The Morgan fingerprint density at radius 1 is 1.46 bits per heavy atom. The van der Waals surface area contributed by atoms with Gasteiger partial charge < -0.3 is 5.73 Å². The lowest BCUT2D eigenvalue weighted by molar-refractivity contribution is 0.694. The number of benzene rings is 1. The molecule has 13 heavy (non-hydrogen) atoms. The molecule has 0 saturated heterocycles. The second-order valence-electron chi connectivity index (χ2n) is 2.97. The molecule has 0 fully saturated rings. The van der Waals surface area contributed by atoms with Crippen molar-refractivity contribution < 1.29 is 0 Å². The third-order valence-electron chi connectivity index (χ3n) is 2.15. The molecule has 0 amide bonds. The highest BCUT2D eigenvalue weighted by atomic mass is 35.5. The number of hydrogen-bond acceptors (Lipinski definition) is 1. The SMILES string of the molecule is CCC(N)c1cccc(Cl)c1C.Cl. The van der Waals surface area contributed by atoms with Crippen LogP contribution in [0.15, 0.2) is 18.2 Å². The Bertz CT molecular complexity index is 274. The van der Waals surface area contributed by atoms with Gasteiger partial charge >= 0.3 is 0 Å². The summed E-state index contributed by atoms with van der Waals surface area (Å²) >= 11 is 5.96. The number of nitrogens with two attached hydrogens (primary N) is 1. The minimum atomic E-state index is 0. The summed E-state index contributed by atoms with van der Waals surface area (Å²) in [5.41, 5.74) is 8.17. The van der Waals surface area contributed by atoms with Gasteiger partial charge in [-0.25, -0.2) is 0 Å². The summed E-state index contributed by atoms with van der Waals surface area (Å²) < 4.78 is 0. The highest BCUT2D eigenvalue weighted by molar-refractivity contribution is 6.31. The zero-order valence-corrected chi connectivity index (χ0v) is 9.45. The zero-order valence-electron chi connectivity index (χ0n) is 7.88. The summed E-state index contributed by atoms with van der Waals surface area (Å²) in [5.74, 6) is 0. The van der Waals surface area contributed by atoms with E-state index in [9.17, 15) is 0 Å². The lowest BCUT2D eigenvalue weighted by Crippen LogP contribution is -2.10. The predicted octanol–water partition coefficient (Wildman–Crippen LogP) is 3.48. The third-order valence-corrected chi connectivity index (χ3v) is 2.56. The molecule has 0 spiro atoms. The average Bonchev–Trinajstić information content (AvgIpc) is 2.08. The largest absolute Gasteiger partial charge is 0.324 e. The van der Waals surface area contributed by atoms with E-state index in [1.807, 2.05) is 25.1 Å². The van der Waals surface area contributed by atoms with Crippen LogP contribution in [-0.2, 0) is 0 Å². The van der Waals surface area contributed by atoms with Crippen LogP contribution in [0.5, 0.6) is 0 Å². The van der Waals surface area contributed by atoms with Crippen molar-refractivity contribution in [1.82, 2.24) is 0 Å². The van der Waals surface area contributed by atoms with Crippen LogP contribution in [0.2, 0.25) is 5.02 Å². The molecule has 74 valence electrons. The molecule has 0 aromatic heterocycles. The fourth-order valence-electron chi connectivity index (χ4n) is 1.25. The van der Waals surface area contributed by atoms with Crippen LogP contribution in [0.4, 0.5) is 0 Å². The average molecular weight is 220 g/mol. The predicted molar refractivity (Wildman–Crippen MR) is 60.7 cm³/mol. The molecule has 0 radical (unpaired) electrons. The molecule has 0 aliphatic heterocycles. The van der Waals surface area contributed by atoms with Gasteiger partial charge in [-0.3, -0.25) is 0 Å². The van der Waals surface area contributed by atoms with E-state index in [2.05, 4.69) is 6.92 Å². The molecule has 0 aliphatic rings. The lowest BCUT2D eigenvalue weighted by atomic mass is 10.0. The van der Waals surface area contributed by atoms with Gasteiger partial charge in [0.25, 0.3) is 0 Å². The molecule has 1 aromatic rings. The number of halogens is 2. The molecule has 1 nitrogen and oxygen atoms in total. The van der Waals surface area contributed by atoms with Crippen molar-refractivity contribution in [3.05, 3.63) is 34.3 Å². The smallest absolute Gasteiger partial charge is 0.0438 e. The summed E-state index contributed by atoms with van der Waals surface area (Å²) in [6.07, 6.45) is 0.946. The van der Waals surface area contributed by atoms with E-state index < -0.39 is 0 Å². The topological polar surface area (TPSA) is 26.0 Å². The van der Waals surface area contributed by atoms with Crippen molar-refractivity contribution in [3.63, 3.8) is 0 Å². The standard InChI is InChI=1S/C10H14ClN.ClH/c1-3-10(12)8-5-4-6-9(11)7(8)2;/h4-6,10H,3,12H2,1-2H3;1H. The Hall–Kier alpha value is -0.240. The normalized spacial score (nSPS) is 12.0. The molecule has 1 aromatic carbocycles. The fourth-order valence-corrected chi connectivity index (χ4v) is 1.43. The van der Waals surface area contributed by atoms with Crippen LogP contribution in [0.3, 0.4) is 0 Å². The molecule has 0 bridgehead atoms. The van der Waals surface area contributed by atoms with Crippen LogP contribution in [0, 0.1) is 6.92 Å². The number of hydrogen-bond donors (Lipinski definition) is 1. The molecule has 1 rings (SSSR count). The van der Waals surface area contributed by atoms with Gasteiger partial charge in [-0.1, -0.05) is 30.7 Å². The van der Waals surface area contributed by atoms with Crippen LogP contribution >= 0.6 is 24.0 Å². The summed E-state index contributed by atoms with van der Waals surface area (Å²) in [6, 6.07) is 5.99. The van der Waals surface area contributed by atoms with Gasteiger partial charge in [-0.05, 0) is 30.5 Å². The quantitative estimate of drug-likeness (QED) is 0.811. The maximum atomic E-state index is 5.96. The van der Waals surface area contributed by atoms with Gasteiger partial charge in [0.2, 0.25) is 0 Å². The minimum absolute atomic E-state index is 0. The fraction of sp³-hybridized carbons (Fsp3) is 0.400. The van der Waals surface area contributed by atoms with Gasteiger partial charge in [0.05, 0.1) is 0 Å². The van der Waals surface area contributed by atoms with Gasteiger partial charge in [-0.2, -0.15) is 0 Å². The van der Waals surface area contributed by atoms with E-state index in [1.165, 1.54) is 0 Å². The van der Waals surface area contributed by atoms with Crippen LogP contribution < -0.4 is 5.73 Å². The Labute approximate surface area is 90.7 Å². The first-order valence-corrected chi connectivity index (χ1v) is 4.55. The summed E-state index contributed by atoms with van der Waals surface area (Å²) in [6.45, 7) is 4.08. The maximum absolute atomic E-state index is 5.96. The van der Waals surface area contributed by atoms with Crippen LogP contribution in [-0.4, -0.2) is 0 Å². The maximum Gasteiger partial charge on any atom is 0.0438 e. The Balaban J connectivity index is 0.00000144. The van der Waals surface area contributed by atoms with Crippen LogP contribution in [0.1, 0.15) is 30.5 Å². The minimum Gasteiger partial charge on any atom is -0.324 e. The van der Waals surface area contributed by atoms with Crippen molar-refractivity contribution in [2.24, 2.45) is 5.73 Å². The van der Waals surface area contributed by atoms with Gasteiger partial charge in [0.15, 0.2) is 0 Å².